The first-order chi connectivity index (χ1) is 15.8. The fourth-order valence-corrected chi connectivity index (χ4v) is 2.63. The molecule has 1 heterocycles. The maximum atomic E-state index is 12.0. The summed E-state index contributed by atoms with van der Waals surface area (Å²) in [5, 5.41) is 31.4. The lowest BCUT2D eigenvalue weighted by Crippen LogP contribution is -2.15. The summed E-state index contributed by atoms with van der Waals surface area (Å²) >= 11 is 0. The minimum atomic E-state index is -1.20. The molecule has 0 radical (unpaired) electrons. The van der Waals surface area contributed by atoms with Crippen LogP contribution in [0.2, 0.25) is 0 Å². The third-order valence-electron chi connectivity index (χ3n) is 3.92. The number of nitro benzene ring substituents is 2. The zero-order chi connectivity index (χ0) is 25.1. The van der Waals surface area contributed by atoms with Gasteiger partial charge in [-0.2, -0.15) is 5.26 Å². The first-order valence-electron chi connectivity index (χ1n) is 9.95. The predicted molar refractivity (Wildman–Crippen MR) is 115 cm³/mol. The number of nitrogens with zero attached hydrogens (tertiary/aromatic N) is 3. The van der Waals surface area contributed by atoms with Gasteiger partial charge in [0.25, 0.3) is 11.4 Å². The largest absolute Gasteiger partial charge is 0.514 e. The lowest BCUT2D eigenvalue weighted by atomic mass is 10.0. The summed E-state index contributed by atoms with van der Waals surface area (Å²) in [7, 11) is 0. The van der Waals surface area contributed by atoms with Crippen molar-refractivity contribution in [1.82, 2.24) is 0 Å². The van der Waals surface area contributed by atoms with Crippen molar-refractivity contribution in [2.24, 2.45) is 0 Å². The Balaban J connectivity index is 0.00000129. The van der Waals surface area contributed by atoms with Gasteiger partial charge in [-0.25, -0.2) is 4.79 Å². The van der Waals surface area contributed by atoms with E-state index in [9.17, 15) is 30.3 Å². The number of fused-ring (bicyclic) bond motifs is 1. The fourth-order valence-electron chi connectivity index (χ4n) is 2.63. The van der Waals surface area contributed by atoms with Crippen LogP contribution < -0.4 is 14.2 Å². The van der Waals surface area contributed by atoms with Gasteiger partial charge >= 0.3 is 6.16 Å². The van der Waals surface area contributed by atoms with Gasteiger partial charge < -0.3 is 18.9 Å². The average Bonchev–Trinajstić information content (AvgIpc) is 3.29. The molecule has 176 valence electrons. The topological polar surface area (TPSA) is 164 Å². The van der Waals surface area contributed by atoms with E-state index in [1.165, 1.54) is 25.1 Å². The molecule has 0 aromatic heterocycles. The second-order valence-corrected chi connectivity index (χ2v) is 5.66. The van der Waals surface area contributed by atoms with E-state index in [0.717, 1.165) is 12.1 Å². The fraction of sp³-hybridized carbons (Fsp3) is 0.333. The van der Waals surface area contributed by atoms with Crippen LogP contribution in [0.3, 0.4) is 0 Å². The Morgan fingerprint density at radius 2 is 1.70 bits per heavy atom. The molecule has 0 bridgehead atoms. The van der Waals surface area contributed by atoms with E-state index in [4.69, 9.17) is 18.9 Å². The Hall–Kier alpha value is -4.40. The van der Waals surface area contributed by atoms with Crippen LogP contribution >= 0.6 is 0 Å². The quantitative estimate of drug-likeness (QED) is 0.242. The normalized spacial score (nSPS) is 11.4. The molecule has 12 nitrogen and oxygen atoms in total. The number of ether oxygens (including phenoxy) is 4. The zero-order valence-electron chi connectivity index (χ0n) is 18.7. The van der Waals surface area contributed by atoms with Gasteiger partial charge in [0.05, 0.1) is 15.4 Å². The van der Waals surface area contributed by atoms with Crippen LogP contribution in [0.15, 0.2) is 30.3 Å². The van der Waals surface area contributed by atoms with Crippen molar-refractivity contribution in [3.8, 4) is 23.3 Å². The molecule has 1 unspecified atom stereocenters. The second-order valence-electron chi connectivity index (χ2n) is 5.66. The third-order valence-corrected chi connectivity index (χ3v) is 3.92. The van der Waals surface area contributed by atoms with Crippen LogP contribution in [0.1, 0.15) is 51.8 Å². The molecule has 3 rings (SSSR count). The summed E-state index contributed by atoms with van der Waals surface area (Å²) < 4.78 is 20.3. The van der Waals surface area contributed by atoms with Crippen molar-refractivity contribution in [3.63, 3.8) is 0 Å². The summed E-state index contributed by atoms with van der Waals surface area (Å²) in [5.74, 6) is 0.0376. The van der Waals surface area contributed by atoms with E-state index in [1.807, 2.05) is 27.7 Å². The number of carbonyl (C=O) groups is 1. The van der Waals surface area contributed by atoms with Gasteiger partial charge in [0.2, 0.25) is 6.79 Å². The highest BCUT2D eigenvalue weighted by Crippen LogP contribution is 2.45. The maximum absolute atomic E-state index is 12.0. The highest BCUT2D eigenvalue weighted by Gasteiger charge is 2.34. The Kier molecular flexibility index (Phi) is 10.1. The summed E-state index contributed by atoms with van der Waals surface area (Å²) in [6.45, 7) is 9.14. The molecule has 1 aliphatic heterocycles. The number of benzene rings is 2. The van der Waals surface area contributed by atoms with E-state index in [1.54, 1.807) is 6.07 Å². The van der Waals surface area contributed by atoms with Crippen LogP contribution in [-0.2, 0) is 4.74 Å². The molecule has 2 aromatic carbocycles. The first-order valence-corrected chi connectivity index (χ1v) is 9.95. The Bertz CT molecular complexity index is 1050. The standard InChI is InChI=1S/C17H11N3O9.2C2H6/c1-9(28-17(21)29-11-4-2-10(3-5-11)19(22)23)12-6-14-16(27-8-26-14)13(7-18)15(12)20(24)25;2*1-2/h2-6,9H,8H2,1H3;2*1-2H3. The number of hydrogen-bond acceptors (Lipinski definition) is 10. The lowest BCUT2D eigenvalue weighted by Gasteiger charge is -2.15. The molecule has 0 saturated carbocycles. The van der Waals surface area contributed by atoms with E-state index in [2.05, 4.69) is 0 Å². The maximum Gasteiger partial charge on any atom is 0.514 e. The van der Waals surface area contributed by atoms with Gasteiger partial charge in [0, 0.05) is 12.1 Å². The Morgan fingerprint density at radius 1 is 1.09 bits per heavy atom. The molecule has 0 N–H and O–H groups in total. The molecule has 1 aliphatic rings. The van der Waals surface area contributed by atoms with Crippen LogP contribution in [0.25, 0.3) is 0 Å². The minimum Gasteiger partial charge on any atom is -0.454 e. The number of carbonyl (C=O) groups excluding carboxylic acids is 1. The minimum absolute atomic E-state index is 0.0225. The van der Waals surface area contributed by atoms with Crippen molar-refractivity contribution in [3.05, 3.63) is 61.7 Å². The van der Waals surface area contributed by atoms with Crippen LogP contribution in [0.5, 0.6) is 17.2 Å². The molecular formula is C21H23N3O9. The van der Waals surface area contributed by atoms with Crippen LogP contribution in [0, 0.1) is 31.6 Å². The predicted octanol–water partition coefficient (Wildman–Crippen LogP) is 5.43. The molecule has 0 amide bonds. The molecule has 1 atom stereocenters. The van der Waals surface area contributed by atoms with E-state index in [-0.39, 0.29) is 40.9 Å². The number of nitro groups is 2. The third kappa shape index (κ3) is 6.30. The molecule has 0 saturated heterocycles. The van der Waals surface area contributed by atoms with E-state index in [0.29, 0.717) is 0 Å². The molecule has 0 fully saturated rings. The number of hydrogen-bond donors (Lipinski definition) is 0. The van der Waals surface area contributed by atoms with Crippen molar-refractivity contribution < 1.29 is 33.6 Å². The van der Waals surface area contributed by atoms with Crippen LogP contribution in [-0.4, -0.2) is 22.8 Å². The molecule has 0 aliphatic carbocycles. The lowest BCUT2D eigenvalue weighted by molar-refractivity contribution is -0.386. The van der Waals surface area contributed by atoms with E-state index < -0.39 is 27.8 Å². The van der Waals surface area contributed by atoms with Crippen LogP contribution in [0.4, 0.5) is 16.2 Å². The number of nitriles is 1. The summed E-state index contributed by atoms with van der Waals surface area (Å²) in [4.78, 5) is 32.8. The highest BCUT2D eigenvalue weighted by molar-refractivity contribution is 5.69. The molecule has 12 heteroatoms. The highest BCUT2D eigenvalue weighted by atomic mass is 16.7. The average molecular weight is 461 g/mol. The zero-order valence-corrected chi connectivity index (χ0v) is 18.7. The smallest absolute Gasteiger partial charge is 0.454 e. The van der Waals surface area contributed by atoms with Gasteiger partial charge in [0.1, 0.15) is 17.9 Å². The Morgan fingerprint density at radius 3 is 2.21 bits per heavy atom. The van der Waals surface area contributed by atoms with Crippen molar-refractivity contribution in [2.45, 2.75) is 40.7 Å². The first kappa shape index (κ1) is 26.6. The summed E-state index contributed by atoms with van der Waals surface area (Å²) in [6.07, 6.45) is -2.38. The second kappa shape index (κ2) is 12.5. The van der Waals surface area contributed by atoms with Gasteiger partial charge in [0.15, 0.2) is 17.1 Å². The van der Waals surface area contributed by atoms with Gasteiger partial charge in [-0.15, -0.1) is 0 Å². The van der Waals surface area contributed by atoms with Gasteiger partial charge in [-0.05, 0) is 25.1 Å². The summed E-state index contributed by atoms with van der Waals surface area (Å²) in [5.41, 5.74) is -1.21. The number of non-ortho nitro benzene ring substituents is 1. The number of rotatable bonds is 5. The van der Waals surface area contributed by atoms with Crippen molar-refractivity contribution in [2.75, 3.05) is 6.79 Å². The van der Waals surface area contributed by atoms with Crippen molar-refractivity contribution in [1.29, 1.82) is 5.26 Å². The monoisotopic (exact) mass is 461 g/mol. The van der Waals surface area contributed by atoms with E-state index >= 15 is 0 Å². The van der Waals surface area contributed by atoms with Gasteiger partial charge in [-0.1, -0.05) is 27.7 Å². The van der Waals surface area contributed by atoms with Gasteiger partial charge in [-0.3, -0.25) is 20.2 Å². The summed E-state index contributed by atoms with van der Waals surface area (Å²) in [6, 6.07) is 7.62. The molecular weight excluding hydrogens is 438 g/mol. The molecule has 0 spiro atoms. The Labute approximate surface area is 189 Å². The van der Waals surface area contributed by atoms with Crippen molar-refractivity contribution >= 4 is 17.5 Å². The molecule has 33 heavy (non-hydrogen) atoms. The SMILES string of the molecule is CC.CC.CC(OC(=O)Oc1ccc([N+](=O)[O-])cc1)c1cc2c(c(C#N)c1[N+](=O)[O-])OCO2. The molecule has 2 aromatic rings.